The van der Waals surface area contributed by atoms with Gasteiger partial charge in [0.2, 0.25) is 10.0 Å². The summed E-state index contributed by atoms with van der Waals surface area (Å²) in [7, 11) is -3.62. The maximum atomic E-state index is 13.7. The summed E-state index contributed by atoms with van der Waals surface area (Å²) >= 11 is 1.50. The molecule has 196 valence electrons. The average Bonchev–Trinajstić information content (AvgIpc) is 3.32. The number of amides is 1. The van der Waals surface area contributed by atoms with Gasteiger partial charge in [0.25, 0.3) is 5.91 Å². The number of para-hydroxylation sites is 1. The number of benzene rings is 2. The van der Waals surface area contributed by atoms with E-state index < -0.39 is 10.0 Å². The first-order valence-corrected chi connectivity index (χ1v) is 14.2. The lowest BCUT2D eigenvalue weighted by Crippen LogP contribution is -2.40. The van der Waals surface area contributed by atoms with Crippen molar-refractivity contribution in [3.63, 3.8) is 0 Å². The number of carbonyl (C=O) groups is 1. The third-order valence-electron chi connectivity index (χ3n) is 6.33. The van der Waals surface area contributed by atoms with Crippen molar-refractivity contribution >= 4 is 55.0 Å². The Hall–Kier alpha value is -2.08. The number of nitrogens with zero attached hydrogens (tertiary/aromatic N) is 4. The van der Waals surface area contributed by atoms with Crippen LogP contribution in [-0.4, -0.2) is 81.0 Å². The van der Waals surface area contributed by atoms with E-state index in [0.717, 1.165) is 35.4 Å². The normalized spacial score (nSPS) is 14.7. The van der Waals surface area contributed by atoms with Crippen LogP contribution in [0.4, 0.5) is 5.13 Å². The summed E-state index contributed by atoms with van der Waals surface area (Å²) in [6.45, 7) is 10.7. The minimum atomic E-state index is -3.62. The predicted molar refractivity (Wildman–Crippen MR) is 147 cm³/mol. The molecule has 0 unspecified atom stereocenters. The minimum absolute atomic E-state index is 0. The highest BCUT2D eigenvalue weighted by Crippen LogP contribution is 2.31. The van der Waals surface area contributed by atoms with E-state index >= 15 is 0 Å². The van der Waals surface area contributed by atoms with Gasteiger partial charge >= 0.3 is 0 Å². The van der Waals surface area contributed by atoms with Crippen LogP contribution in [0.2, 0.25) is 0 Å². The molecule has 1 aliphatic rings. The lowest BCUT2D eigenvalue weighted by molar-refractivity contribution is 0.0730. The molecule has 0 aliphatic carbocycles. The molecule has 0 atom stereocenters. The maximum Gasteiger partial charge on any atom is 0.260 e. The van der Waals surface area contributed by atoms with Gasteiger partial charge in [0, 0.05) is 31.7 Å². The van der Waals surface area contributed by atoms with Crippen LogP contribution in [0.5, 0.6) is 0 Å². The highest BCUT2D eigenvalue weighted by molar-refractivity contribution is 7.89. The molecule has 0 bridgehead atoms. The largest absolute Gasteiger partial charge is 0.379 e. The van der Waals surface area contributed by atoms with Crippen LogP contribution < -0.4 is 4.90 Å². The molecule has 0 spiro atoms. The fraction of sp³-hybridized carbons (Fsp3) is 0.440. The lowest BCUT2D eigenvalue weighted by atomic mass is 10.2. The molecule has 1 aliphatic heterocycles. The third-order valence-corrected chi connectivity index (χ3v) is 9.29. The van der Waals surface area contributed by atoms with Crippen LogP contribution in [0, 0.1) is 6.92 Å². The molecule has 0 saturated carbocycles. The number of thiazole rings is 1. The molecule has 8 nitrogen and oxygen atoms in total. The Morgan fingerprint density at radius 2 is 1.72 bits per heavy atom. The molecule has 11 heteroatoms. The monoisotopic (exact) mass is 552 g/mol. The van der Waals surface area contributed by atoms with E-state index in [0.29, 0.717) is 43.5 Å². The van der Waals surface area contributed by atoms with Crippen molar-refractivity contribution in [1.29, 1.82) is 0 Å². The SMILES string of the molecule is CCN(CC)CCN(C(=O)c1ccc(S(=O)(=O)N2CCOCC2)cc1)c1nc2c(C)cccc2s1.Cl. The third kappa shape index (κ3) is 6.07. The number of aromatic nitrogens is 1. The number of ether oxygens (including phenoxy) is 1. The van der Waals surface area contributed by atoms with E-state index in [1.165, 1.54) is 27.8 Å². The highest BCUT2D eigenvalue weighted by atomic mass is 35.5. The van der Waals surface area contributed by atoms with Gasteiger partial charge in [0.05, 0.1) is 28.3 Å². The molecular formula is C25H33ClN4O4S2. The van der Waals surface area contributed by atoms with Gasteiger partial charge in [-0.25, -0.2) is 13.4 Å². The summed E-state index contributed by atoms with van der Waals surface area (Å²) in [5, 5.41) is 0.650. The van der Waals surface area contributed by atoms with Gasteiger partial charge in [-0.2, -0.15) is 4.31 Å². The van der Waals surface area contributed by atoms with Crippen molar-refractivity contribution in [2.75, 3.05) is 57.4 Å². The number of carbonyl (C=O) groups excluding carboxylic acids is 1. The van der Waals surface area contributed by atoms with E-state index in [-0.39, 0.29) is 23.2 Å². The standard InChI is InChI=1S/C25H32N4O4S2.ClH/c1-4-27(5-2)13-14-29(25-26-23-19(3)7-6-8-22(23)34-25)24(30)20-9-11-21(12-10-20)35(31,32)28-15-17-33-18-16-28;/h6-12H,4-5,13-18H2,1-3H3;1H. The quantitative estimate of drug-likeness (QED) is 0.398. The second-order valence-electron chi connectivity index (χ2n) is 8.44. The zero-order valence-corrected chi connectivity index (χ0v) is 23.3. The summed E-state index contributed by atoms with van der Waals surface area (Å²) < 4.78 is 33.6. The summed E-state index contributed by atoms with van der Waals surface area (Å²) in [5.74, 6) is -0.191. The van der Waals surface area contributed by atoms with E-state index in [4.69, 9.17) is 9.72 Å². The predicted octanol–water partition coefficient (Wildman–Crippen LogP) is 4.04. The Labute approximate surface area is 223 Å². The average molecular weight is 553 g/mol. The van der Waals surface area contributed by atoms with Crippen molar-refractivity contribution in [3.8, 4) is 0 Å². The summed E-state index contributed by atoms with van der Waals surface area (Å²) in [6.07, 6.45) is 0. The van der Waals surface area contributed by atoms with Crippen molar-refractivity contribution < 1.29 is 17.9 Å². The number of fused-ring (bicyclic) bond motifs is 1. The number of halogens is 1. The molecule has 4 rings (SSSR count). The van der Waals surface area contributed by atoms with Crippen LogP contribution in [-0.2, 0) is 14.8 Å². The van der Waals surface area contributed by atoms with Crippen LogP contribution in [0.25, 0.3) is 10.2 Å². The molecule has 1 amide bonds. The highest BCUT2D eigenvalue weighted by Gasteiger charge is 2.27. The lowest BCUT2D eigenvalue weighted by Gasteiger charge is -2.26. The van der Waals surface area contributed by atoms with E-state index in [1.807, 2.05) is 25.1 Å². The first-order chi connectivity index (χ1) is 16.8. The number of rotatable bonds is 9. The summed E-state index contributed by atoms with van der Waals surface area (Å²) in [6, 6.07) is 12.3. The Morgan fingerprint density at radius 3 is 2.33 bits per heavy atom. The second-order valence-corrected chi connectivity index (χ2v) is 11.4. The zero-order valence-electron chi connectivity index (χ0n) is 20.8. The van der Waals surface area contributed by atoms with Crippen LogP contribution in [0.15, 0.2) is 47.4 Å². The van der Waals surface area contributed by atoms with Crippen molar-refractivity contribution in [1.82, 2.24) is 14.2 Å². The fourth-order valence-corrected chi connectivity index (χ4v) is 6.59. The van der Waals surface area contributed by atoms with Crippen LogP contribution >= 0.6 is 23.7 Å². The molecule has 3 aromatic rings. The van der Waals surface area contributed by atoms with Gasteiger partial charge in [-0.05, 0) is 55.9 Å². The second kappa shape index (κ2) is 12.4. The van der Waals surface area contributed by atoms with Crippen LogP contribution in [0.3, 0.4) is 0 Å². The Kier molecular flexibility index (Phi) is 9.85. The first kappa shape index (κ1) is 28.5. The number of sulfonamides is 1. The Bertz CT molecular complexity index is 1270. The number of likely N-dealkylation sites (N-methyl/N-ethyl adjacent to an activating group) is 1. The molecule has 36 heavy (non-hydrogen) atoms. The summed E-state index contributed by atoms with van der Waals surface area (Å²) in [5.41, 5.74) is 2.40. The van der Waals surface area contributed by atoms with Gasteiger partial charge in [0.1, 0.15) is 0 Å². The first-order valence-electron chi connectivity index (χ1n) is 11.9. The van der Waals surface area contributed by atoms with Crippen molar-refractivity contribution in [3.05, 3.63) is 53.6 Å². The fourth-order valence-electron chi connectivity index (χ4n) is 4.12. The van der Waals surface area contributed by atoms with Crippen molar-refractivity contribution in [2.45, 2.75) is 25.7 Å². The van der Waals surface area contributed by atoms with Gasteiger partial charge in [-0.3, -0.25) is 9.69 Å². The zero-order chi connectivity index (χ0) is 25.0. The van der Waals surface area contributed by atoms with Crippen molar-refractivity contribution in [2.24, 2.45) is 0 Å². The van der Waals surface area contributed by atoms with Gasteiger partial charge in [-0.15, -0.1) is 12.4 Å². The Balaban J connectivity index is 0.00000361. The number of hydrogen-bond acceptors (Lipinski definition) is 7. The van der Waals surface area contributed by atoms with Crippen LogP contribution in [0.1, 0.15) is 29.8 Å². The minimum Gasteiger partial charge on any atom is -0.379 e. The topological polar surface area (TPSA) is 83.1 Å². The molecule has 1 saturated heterocycles. The summed E-state index contributed by atoms with van der Waals surface area (Å²) in [4.78, 5) is 22.6. The van der Waals surface area contributed by atoms with Gasteiger partial charge < -0.3 is 9.64 Å². The van der Waals surface area contributed by atoms with Gasteiger partial charge in [-0.1, -0.05) is 37.3 Å². The molecular weight excluding hydrogens is 520 g/mol. The smallest absolute Gasteiger partial charge is 0.260 e. The molecule has 0 radical (unpaired) electrons. The molecule has 2 aromatic carbocycles. The van der Waals surface area contributed by atoms with E-state index in [9.17, 15) is 13.2 Å². The number of anilines is 1. The number of hydrogen-bond donors (Lipinski definition) is 0. The maximum absolute atomic E-state index is 13.7. The molecule has 1 aromatic heterocycles. The van der Waals surface area contributed by atoms with Gasteiger partial charge in [0.15, 0.2) is 5.13 Å². The Morgan fingerprint density at radius 1 is 1.06 bits per heavy atom. The molecule has 2 heterocycles. The molecule has 0 N–H and O–H groups in total. The molecule has 1 fully saturated rings. The number of morpholine rings is 1. The number of aryl methyl sites for hydroxylation is 1. The van der Waals surface area contributed by atoms with E-state index in [1.54, 1.807) is 17.0 Å². The van der Waals surface area contributed by atoms with E-state index in [2.05, 4.69) is 18.7 Å².